The van der Waals surface area contributed by atoms with Crippen LogP contribution in [0.5, 0.6) is 0 Å². The molecular formula is C10H18N2. The number of hydrogen-bond acceptors (Lipinski definition) is 2. The van der Waals surface area contributed by atoms with Gasteiger partial charge in [0, 0.05) is 11.3 Å². The zero-order chi connectivity index (χ0) is 9.30. The first-order chi connectivity index (χ1) is 5.54. The highest BCUT2D eigenvalue weighted by atomic mass is 15.4. The first kappa shape index (κ1) is 9.17. The lowest BCUT2D eigenvalue weighted by atomic mass is 9.95. The minimum Gasteiger partial charge on any atom is -0.304 e. The molecule has 0 aromatic carbocycles. The maximum absolute atomic E-state index is 3.96. The molecule has 0 bridgehead atoms. The smallest absolute Gasteiger partial charge is 0.0520 e. The summed E-state index contributed by atoms with van der Waals surface area (Å²) >= 11 is 0. The summed E-state index contributed by atoms with van der Waals surface area (Å²) in [5.74, 6) is 1.08. The van der Waals surface area contributed by atoms with Gasteiger partial charge >= 0.3 is 0 Å². The fraction of sp³-hybridized carbons (Fsp3) is 0.600. The molecule has 0 aromatic rings. The molecular weight excluding hydrogens is 148 g/mol. The number of allylic oxidation sites excluding steroid dienone is 2. The van der Waals surface area contributed by atoms with E-state index >= 15 is 0 Å². The van der Waals surface area contributed by atoms with Gasteiger partial charge in [-0.3, -0.25) is 0 Å². The Morgan fingerprint density at radius 3 is 1.92 bits per heavy atom. The Balaban J connectivity index is 2.98. The summed E-state index contributed by atoms with van der Waals surface area (Å²) in [7, 11) is 0. The van der Waals surface area contributed by atoms with Crippen LogP contribution in [-0.4, -0.2) is 0 Å². The fourth-order valence-corrected chi connectivity index (χ4v) is 1.55. The zero-order valence-electron chi connectivity index (χ0n) is 8.36. The SMILES string of the molecule is C=C1NNC(C(C)C)=C1C(C)C. The van der Waals surface area contributed by atoms with Crippen molar-refractivity contribution in [2.45, 2.75) is 27.7 Å². The number of nitrogens with one attached hydrogen (secondary N) is 2. The summed E-state index contributed by atoms with van der Waals surface area (Å²) < 4.78 is 0. The van der Waals surface area contributed by atoms with Crippen molar-refractivity contribution < 1.29 is 0 Å². The Morgan fingerprint density at radius 1 is 1.00 bits per heavy atom. The van der Waals surface area contributed by atoms with E-state index in [1.165, 1.54) is 11.3 Å². The van der Waals surface area contributed by atoms with E-state index in [2.05, 4.69) is 45.1 Å². The van der Waals surface area contributed by atoms with Gasteiger partial charge < -0.3 is 10.9 Å². The summed E-state index contributed by atoms with van der Waals surface area (Å²) in [5.41, 5.74) is 9.88. The van der Waals surface area contributed by atoms with Gasteiger partial charge in [-0.05, 0) is 11.8 Å². The summed E-state index contributed by atoms with van der Waals surface area (Å²) in [6, 6.07) is 0. The lowest BCUT2D eigenvalue weighted by Crippen LogP contribution is -2.24. The largest absolute Gasteiger partial charge is 0.304 e. The molecule has 2 nitrogen and oxygen atoms in total. The molecule has 1 aliphatic rings. The minimum absolute atomic E-state index is 0.536. The average molecular weight is 166 g/mol. The van der Waals surface area contributed by atoms with Gasteiger partial charge in [0.05, 0.1) is 5.70 Å². The van der Waals surface area contributed by atoms with E-state index < -0.39 is 0 Å². The van der Waals surface area contributed by atoms with Crippen molar-refractivity contribution in [3.05, 3.63) is 23.5 Å². The molecule has 1 rings (SSSR count). The van der Waals surface area contributed by atoms with Gasteiger partial charge in [-0.2, -0.15) is 0 Å². The molecule has 1 heterocycles. The Hall–Kier alpha value is -0.920. The van der Waals surface area contributed by atoms with Crippen LogP contribution in [0.15, 0.2) is 23.5 Å². The lowest BCUT2D eigenvalue weighted by molar-refractivity contribution is 0.632. The van der Waals surface area contributed by atoms with Gasteiger partial charge in [0.1, 0.15) is 0 Å². The molecule has 0 radical (unpaired) electrons. The van der Waals surface area contributed by atoms with Gasteiger partial charge in [0.2, 0.25) is 0 Å². The van der Waals surface area contributed by atoms with E-state index in [1.54, 1.807) is 0 Å². The molecule has 0 saturated carbocycles. The Kier molecular flexibility index (Phi) is 2.46. The molecule has 0 aliphatic carbocycles. The number of hydrazine groups is 1. The molecule has 0 fully saturated rings. The maximum Gasteiger partial charge on any atom is 0.0520 e. The second kappa shape index (κ2) is 3.21. The minimum atomic E-state index is 0.536. The van der Waals surface area contributed by atoms with Gasteiger partial charge in [0.25, 0.3) is 0 Å². The normalized spacial score (nSPS) is 17.3. The van der Waals surface area contributed by atoms with Crippen molar-refractivity contribution in [2.24, 2.45) is 11.8 Å². The highest BCUT2D eigenvalue weighted by Crippen LogP contribution is 2.26. The highest BCUT2D eigenvalue weighted by Gasteiger charge is 2.21. The van der Waals surface area contributed by atoms with Crippen molar-refractivity contribution in [1.29, 1.82) is 0 Å². The van der Waals surface area contributed by atoms with Crippen LogP contribution >= 0.6 is 0 Å². The third-order valence-corrected chi connectivity index (χ3v) is 2.12. The van der Waals surface area contributed by atoms with Crippen molar-refractivity contribution in [3.63, 3.8) is 0 Å². The van der Waals surface area contributed by atoms with E-state index in [0.717, 1.165) is 5.70 Å². The summed E-state index contributed by atoms with van der Waals surface area (Å²) in [6.45, 7) is 12.7. The van der Waals surface area contributed by atoms with Crippen LogP contribution < -0.4 is 10.9 Å². The number of rotatable bonds is 2. The van der Waals surface area contributed by atoms with Gasteiger partial charge in [-0.25, -0.2) is 0 Å². The standard InChI is InChI=1S/C10H18N2/c1-6(2)9-8(5)11-12-10(9)7(3)4/h6-7,11-12H,5H2,1-4H3. The number of hydrogen-bond donors (Lipinski definition) is 2. The molecule has 0 aromatic heterocycles. The Morgan fingerprint density at radius 2 is 1.58 bits per heavy atom. The second-order valence-electron chi connectivity index (χ2n) is 3.87. The van der Waals surface area contributed by atoms with Gasteiger partial charge in [-0.1, -0.05) is 34.3 Å². The molecule has 0 unspecified atom stereocenters. The van der Waals surface area contributed by atoms with Crippen molar-refractivity contribution in [1.82, 2.24) is 10.9 Å². The molecule has 1 aliphatic heterocycles. The van der Waals surface area contributed by atoms with E-state index in [-0.39, 0.29) is 0 Å². The molecule has 0 spiro atoms. The van der Waals surface area contributed by atoms with Crippen LogP contribution in [0, 0.1) is 11.8 Å². The highest BCUT2D eigenvalue weighted by molar-refractivity contribution is 5.37. The molecule has 0 saturated heterocycles. The van der Waals surface area contributed by atoms with Crippen LogP contribution in [0.1, 0.15) is 27.7 Å². The molecule has 0 amide bonds. The lowest BCUT2D eigenvalue weighted by Gasteiger charge is -2.11. The van der Waals surface area contributed by atoms with Crippen molar-refractivity contribution in [2.75, 3.05) is 0 Å². The maximum atomic E-state index is 3.96. The van der Waals surface area contributed by atoms with Crippen LogP contribution in [0.3, 0.4) is 0 Å². The predicted molar refractivity (Wildman–Crippen MR) is 52.1 cm³/mol. The average Bonchev–Trinajstić information content (AvgIpc) is 2.30. The molecule has 2 N–H and O–H groups in total. The third kappa shape index (κ3) is 1.47. The first-order valence-electron chi connectivity index (χ1n) is 4.49. The first-order valence-corrected chi connectivity index (χ1v) is 4.49. The van der Waals surface area contributed by atoms with Crippen molar-refractivity contribution in [3.8, 4) is 0 Å². The predicted octanol–water partition coefficient (Wildman–Crippen LogP) is 2.17. The van der Waals surface area contributed by atoms with E-state index in [4.69, 9.17) is 0 Å². The Bertz CT molecular complexity index is 224. The monoisotopic (exact) mass is 166 g/mol. The summed E-state index contributed by atoms with van der Waals surface area (Å²) in [6.07, 6.45) is 0. The van der Waals surface area contributed by atoms with Gasteiger partial charge in [0.15, 0.2) is 0 Å². The van der Waals surface area contributed by atoms with Crippen LogP contribution in [0.25, 0.3) is 0 Å². The van der Waals surface area contributed by atoms with E-state index in [1.807, 2.05) is 0 Å². The molecule has 0 atom stereocenters. The topological polar surface area (TPSA) is 24.1 Å². The van der Waals surface area contributed by atoms with Crippen LogP contribution in [0.2, 0.25) is 0 Å². The van der Waals surface area contributed by atoms with Gasteiger partial charge in [-0.15, -0.1) is 0 Å². The quantitative estimate of drug-likeness (QED) is 0.657. The molecule has 12 heavy (non-hydrogen) atoms. The van der Waals surface area contributed by atoms with E-state index in [9.17, 15) is 0 Å². The van der Waals surface area contributed by atoms with E-state index in [0.29, 0.717) is 11.8 Å². The second-order valence-corrected chi connectivity index (χ2v) is 3.87. The molecule has 68 valence electrons. The summed E-state index contributed by atoms with van der Waals surface area (Å²) in [5, 5.41) is 0. The van der Waals surface area contributed by atoms with Crippen LogP contribution in [-0.2, 0) is 0 Å². The zero-order valence-corrected chi connectivity index (χ0v) is 8.36. The summed E-state index contributed by atoms with van der Waals surface area (Å²) in [4.78, 5) is 0. The van der Waals surface area contributed by atoms with Crippen LogP contribution in [0.4, 0.5) is 0 Å². The third-order valence-electron chi connectivity index (χ3n) is 2.12. The molecule has 2 heteroatoms. The van der Waals surface area contributed by atoms with Crippen molar-refractivity contribution >= 4 is 0 Å². The fourth-order valence-electron chi connectivity index (χ4n) is 1.55. The Labute approximate surface area is 74.7 Å².